The minimum Gasteiger partial charge on any atom is -0.322 e. The SMILES string of the molecule is C=C(CC)C(=O)Nc1cc(Br)cc(C(F)(F)F)c1. The first-order valence-corrected chi connectivity index (χ1v) is 5.90. The summed E-state index contributed by atoms with van der Waals surface area (Å²) in [6, 6.07) is 3.23. The second-order valence-corrected chi connectivity index (χ2v) is 4.55. The van der Waals surface area contributed by atoms with Crippen molar-refractivity contribution in [3.8, 4) is 0 Å². The van der Waals surface area contributed by atoms with Gasteiger partial charge in [0.2, 0.25) is 0 Å². The van der Waals surface area contributed by atoms with Crippen LogP contribution in [0.5, 0.6) is 0 Å². The van der Waals surface area contributed by atoms with E-state index >= 15 is 0 Å². The maximum atomic E-state index is 12.6. The topological polar surface area (TPSA) is 29.1 Å². The van der Waals surface area contributed by atoms with Gasteiger partial charge in [-0.05, 0) is 24.6 Å². The first-order chi connectivity index (χ1) is 8.24. The summed E-state index contributed by atoms with van der Waals surface area (Å²) in [5.74, 6) is -0.483. The molecule has 0 spiro atoms. The highest BCUT2D eigenvalue weighted by Gasteiger charge is 2.31. The fourth-order valence-corrected chi connectivity index (χ4v) is 1.70. The molecule has 1 aromatic rings. The number of anilines is 1. The maximum Gasteiger partial charge on any atom is 0.416 e. The zero-order valence-corrected chi connectivity index (χ0v) is 11.2. The van der Waals surface area contributed by atoms with E-state index in [1.54, 1.807) is 6.92 Å². The van der Waals surface area contributed by atoms with Crippen molar-refractivity contribution in [1.82, 2.24) is 0 Å². The summed E-state index contributed by atoms with van der Waals surface area (Å²) in [5.41, 5.74) is -0.436. The van der Waals surface area contributed by atoms with Gasteiger partial charge in [0.05, 0.1) is 5.56 Å². The van der Waals surface area contributed by atoms with Crippen molar-refractivity contribution < 1.29 is 18.0 Å². The zero-order chi connectivity index (χ0) is 13.9. The van der Waals surface area contributed by atoms with Crippen LogP contribution in [0.3, 0.4) is 0 Å². The molecule has 0 aromatic heterocycles. The summed E-state index contributed by atoms with van der Waals surface area (Å²) in [6.45, 7) is 5.26. The van der Waals surface area contributed by atoms with Gasteiger partial charge < -0.3 is 5.32 Å². The molecule has 1 amide bonds. The molecule has 0 saturated carbocycles. The lowest BCUT2D eigenvalue weighted by atomic mass is 10.1. The van der Waals surface area contributed by atoms with Crippen molar-refractivity contribution in [1.29, 1.82) is 0 Å². The third-order valence-corrected chi connectivity index (χ3v) is 2.69. The Hall–Kier alpha value is -1.30. The molecule has 0 atom stereocenters. The molecule has 0 aliphatic carbocycles. The third kappa shape index (κ3) is 3.87. The van der Waals surface area contributed by atoms with Crippen LogP contribution in [0.4, 0.5) is 18.9 Å². The highest BCUT2D eigenvalue weighted by molar-refractivity contribution is 9.10. The molecule has 0 unspecified atom stereocenters. The molecular formula is C12H11BrF3NO. The fourth-order valence-electron chi connectivity index (χ4n) is 1.21. The van der Waals surface area contributed by atoms with E-state index in [2.05, 4.69) is 27.8 Å². The summed E-state index contributed by atoms with van der Waals surface area (Å²) < 4.78 is 37.9. The van der Waals surface area contributed by atoms with E-state index in [4.69, 9.17) is 0 Å². The van der Waals surface area contributed by atoms with E-state index in [0.717, 1.165) is 12.1 Å². The first kappa shape index (κ1) is 14.8. The number of nitrogens with one attached hydrogen (secondary N) is 1. The molecule has 2 nitrogen and oxygen atoms in total. The number of hydrogen-bond acceptors (Lipinski definition) is 1. The van der Waals surface area contributed by atoms with Gasteiger partial charge in [-0.1, -0.05) is 29.4 Å². The van der Waals surface area contributed by atoms with Gasteiger partial charge in [0, 0.05) is 15.7 Å². The van der Waals surface area contributed by atoms with Gasteiger partial charge in [-0.15, -0.1) is 0 Å². The summed E-state index contributed by atoms with van der Waals surface area (Å²) in [5, 5.41) is 2.38. The lowest BCUT2D eigenvalue weighted by Gasteiger charge is -2.11. The van der Waals surface area contributed by atoms with Crippen molar-refractivity contribution in [2.75, 3.05) is 5.32 Å². The van der Waals surface area contributed by atoms with Gasteiger partial charge in [0.25, 0.3) is 5.91 Å². The highest BCUT2D eigenvalue weighted by Crippen LogP contribution is 2.33. The van der Waals surface area contributed by atoms with E-state index in [0.29, 0.717) is 12.0 Å². The van der Waals surface area contributed by atoms with E-state index in [1.165, 1.54) is 6.07 Å². The molecule has 0 bridgehead atoms. The highest BCUT2D eigenvalue weighted by atomic mass is 79.9. The quantitative estimate of drug-likeness (QED) is 0.823. The zero-order valence-electron chi connectivity index (χ0n) is 9.57. The van der Waals surface area contributed by atoms with Gasteiger partial charge in [0.15, 0.2) is 0 Å². The van der Waals surface area contributed by atoms with Gasteiger partial charge in [-0.3, -0.25) is 4.79 Å². The van der Waals surface area contributed by atoms with Gasteiger partial charge in [-0.25, -0.2) is 0 Å². The molecule has 0 heterocycles. The summed E-state index contributed by atoms with van der Waals surface area (Å²) in [6.07, 6.45) is -4.02. The van der Waals surface area contributed by atoms with Crippen molar-refractivity contribution in [2.24, 2.45) is 0 Å². The van der Waals surface area contributed by atoms with E-state index in [9.17, 15) is 18.0 Å². The number of amides is 1. The number of alkyl halides is 3. The summed E-state index contributed by atoms with van der Waals surface area (Å²) >= 11 is 2.98. The molecule has 0 aliphatic rings. The molecule has 98 valence electrons. The van der Waals surface area contributed by atoms with Crippen molar-refractivity contribution in [3.05, 3.63) is 40.4 Å². The van der Waals surface area contributed by atoms with Crippen LogP contribution < -0.4 is 5.32 Å². The van der Waals surface area contributed by atoms with Crippen LogP contribution in [0, 0.1) is 0 Å². The molecule has 0 radical (unpaired) electrons. The van der Waals surface area contributed by atoms with Crippen LogP contribution >= 0.6 is 15.9 Å². The van der Waals surface area contributed by atoms with Crippen LogP contribution in [0.1, 0.15) is 18.9 Å². The molecular weight excluding hydrogens is 311 g/mol. The summed E-state index contributed by atoms with van der Waals surface area (Å²) in [4.78, 5) is 11.5. The molecule has 0 fully saturated rings. The lowest BCUT2D eigenvalue weighted by Crippen LogP contribution is -2.14. The van der Waals surface area contributed by atoms with Crippen molar-refractivity contribution >= 4 is 27.5 Å². The van der Waals surface area contributed by atoms with Crippen molar-refractivity contribution in [3.63, 3.8) is 0 Å². The average Bonchev–Trinajstić information content (AvgIpc) is 2.25. The summed E-state index contributed by atoms with van der Waals surface area (Å²) in [7, 11) is 0. The van der Waals surface area contributed by atoms with Gasteiger partial charge in [0.1, 0.15) is 0 Å². The van der Waals surface area contributed by atoms with Crippen LogP contribution in [-0.2, 0) is 11.0 Å². The van der Waals surface area contributed by atoms with Crippen LogP contribution in [0.25, 0.3) is 0 Å². The standard InChI is InChI=1S/C12H11BrF3NO/c1-3-7(2)11(18)17-10-5-8(12(14,15)16)4-9(13)6-10/h4-6H,2-3H2,1H3,(H,17,18). The molecule has 1 aromatic carbocycles. The Morgan fingerprint density at radius 1 is 1.39 bits per heavy atom. The lowest BCUT2D eigenvalue weighted by molar-refractivity contribution is -0.137. The van der Waals surface area contributed by atoms with Crippen molar-refractivity contribution in [2.45, 2.75) is 19.5 Å². The Labute approximate surface area is 111 Å². The molecule has 0 saturated heterocycles. The molecule has 0 aliphatic heterocycles. The largest absolute Gasteiger partial charge is 0.416 e. The number of hydrogen-bond donors (Lipinski definition) is 1. The van der Waals surface area contributed by atoms with Crippen LogP contribution in [0.15, 0.2) is 34.8 Å². The van der Waals surface area contributed by atoms with E-state index < -0.39 is 17.6 Å². The molecule has 1 rings (SSSR count). The van der Waals surface area contributed by atoms with Gasteiger partial charge >= 0.3 is 6.18 Å². The fraction of sp³-hybridized carbons (Fsp3) is 0.250. The van der Waals surface area contributed by atoms with E-state index in [-0.39, 0.29) is 10.2 Å². The second-order valence-electron chi connectivity index (χ2n) is 3.64. The molecule has 6 heteroatoms. The van der Waals surface area contributed by atoms with Gasteiger partial charge in [-0.2, -0.15) is 13.2 Å². The third-order valence-electron chi connectivity index (χ3n) is 2.23. The predicted molar refractivity (Wildman–Crippen MR) is 67.2 cm³/mol. The smallest absolute Gasteiger partial charge is 0.322 e. The number of benzene rings is 1. The van der Waals surface area contributed by atoms with Crippen LogP contribution in [-0.4, -0.2) is 5.91 Å². The van der Waals surface area contributed by atoms with E-state index in [1.807, 2.05) is 0 Å². The number of rotatable bonds is 3. The normalized spacial score (nSPS) is 11.2. The monoisotopic (exact) mass is 321 g/mol. The Bertz CT molecular complexity index is 483. The van der Waals surface area contributed by atoms with Crippen LogP contribution in [0.2, 0.25) is 0 Å². The number of carbonyl (C=O) groups excluding carboxylic acids is 1. The Kier molecular flexibility index (Phi) is 4.56. The molecule has 1 N–H and O–H groups in total. The number of carbonyl (C=O) groups is 1. The maximum absolute atomic E-state index is 12.6. The Balaban J connectivity index is 3.01. The predicted octanol–water partition coefficient (Wildman–Crippen LogP) is 4.37. The average molecular weight is 322 g/mol. The second kappa shape index (κ2) is 5.56. The number of halogens is 4. The Morgan fingerprint density at radius 2 is 2.00 bits per heavy atom. The Morgan fingerprint density at radius 3 is 2.50 bits per heavy atom. The molecule has 18 heavy (non-hydrogen) atoms. The minimum absolute atomic E-state index is 0.0799. The first-order valence-electron chi connectivity index (χ1n) is 5.11. The minimum atomic E-state index is -4.45.